The number of fused-ring (bicyclic) bond motifs is 2. The zero-order chi connectivity index (χ0) is 66.9. The highest BCUT2D eigenvalue weighted by Crippen LogP contribution is 2.36. The van der Waals surface area contributed by atoms with Gasteiger partial charge in [0.1, 0.15) is 11.5 Å². The van der Waals surface area contributed by atoms with Gasteiger partial charge in [0.25, 0.3) is 40.9 Å². The fourth-order valence-corrected chi connectivity index (χ4v) is 12.7. The smallest absolute Gasteiger partial charge is 0.320 e. The highest BCUT2D eigenvalue weighted by molar-refractivity contribution is 6.45. The highest BCUT2D eigenvalue weighted by Gasteiger charge is 2.38. The van der Waals surface area contributed by atoms with Crippen LogP contribution in [0.25, 0.3) is 21.8 Å². The number of rotatable bonds is 17. The lowest BCUT2D eigenvalue weighted by Crippen LogP contribution is -2.57. The summed E-state index contributed by atoms with van der Waals surface area (Å²) in [5, 5.41) is 23.2. The quantitative estimate of drug-likeness (QED) is 0.0251. The van der Waals surface area contributed by atoms with Gasteiger partial charge < -0.3 is 44.7 Å². The van der Waals surface area contributed by atoms with Gasteiger partial charge in [-0.3, -0.25) is 63.5 Å². The van der Waals surface area contributed by atoms with Crippen molar-refractivity contribution >= 4 is 91.6 Å². The van der Waals surface area contributed by atoms with Crippen molar-refractivity contribution in [1.82, 2.24) is 39.1 Å². The number of aromatic nitrogens is 2. The molecular formula is C66H76Cl2N12O13. The number of nitrogens with zero attached hydrogens (tertiary/aromatic N) is 9. The number of amides is 4. The van der Waals surface area contributed by atoms with E-state index in [0.717, 1.165) is 65.1 Å². The minimum Gasteiger partial charge on any atom is -0.493 e. The molecule has 2 aromatic heterocycles. The van der Waals surface area contributed by atoms with Crippen LogP contribution in [0.5, 0.6) is 17.2 Å². The van der Waals surface area contributed by atoms with Crippen LogP contribution in [0.1, 0.15) is 120 Å². The molecule has 0 radical (unpaired) electrons. The number of ether oxygens (including phenoxy) is 2. The molecule has 5 N–H and O–H groups in total. The van der Waals surface area contributed by atoms with E-state index >= 15 is 0 Å². The predicted octanol–water partition coefficient (Wildman–Crippen LogP) is 9.46. The van der Waals surface area contributed by atoms with E-state index in [0.29, 0.717) is 123 Å². The number of nitro groups is 2. The van der Waals surface area contributed by atoms with Crippen LogP contribution in [0.2, 0.25) is 10.0 Å². The molecule has 4 fully saturated rings. The van der Waals surface area contributed by atoms with Crippen LogP contribution >= 0.6 is 23.2 Å². The van der Waals surface area contributed by atoms with Gasteiger partial charge in [0.15, 0.2) is 0 Å². The molecule has 4 aliphatic heterocycles. The number of carbonyl (C=O) groups excluding carboxylic acids is 6. The summed E-state index contributed by atoms with van der Waals surface area (Å²) in [6.45, 7) is 18.9. The second-order valence-corrected chi connectivity index (χ2v) is 24.4. The Kier molecular flexibility index (Phi) is 22.1. The van der Waals surface area contributed by atoms with Crippen molar-refractivity contribution < 1.29 is 52.9 Å². The predicted molar refractivity (Wildman–Crippen MR) is 351 cm³/mol. The molecule has 492 valence electrons. The number of piperazine rings is 2. The molecule has 4 saturated heterocycles. The van der Waals surface area contributed by atoms with Crippen molar-refractivity contribution in [3.63, 3.8) is 0 Å². The molecule has 0 unspecified atom stereocenters. The number of nitrogen functional groups attached to an aromatic ring is 1. The number of aromatic amines is 1. The first-order chi connectivity index (χ1) is 44.5. The van der Waals surface area contributed by atoms with Gasteiger partial charge in [-0.25, -0.2) is 0 Å². The molecular weight excluding hydrogens is 1240 g/mol. The first-order valence-electron chi connectivity index (χ1n) is 30.9. The SMILES string of the molecule is CCOc1cc2[nH]cc(C(=O)C(=O)N3CCCC3)c2cc1C(=O)N1C[C@H](C)N(Cc2ccccc2Cl)C[C@H]1C.CCOc1cc2c(cc1C(=O)N1C[C@H](C)N(Cc3ccccc3Cl)C[C@H]1C)c(C(=O)C(=O)N1CCCC1)cn2N.NOc1ccc([N+](=O)[O-])cc1[N+](=O)[O-]. The second-order valence-electron chi connectivity index (χ2n) is 23.6. The fraction of sp³-hybridized carbons (Fsp3) is 0.394. The Hall–Kier alpha value is -9.14. The number of nitro benzene ring substituents is 2. The summed E-state index contributed by atoms with van der Waals surface area (Å²) < 4.78 is 13.1. The lowest BCUT2D eigenvalue weighted by molar-refractivity contribution is -0.394. The Morgan fingerprint density at radius 2 is 1.05 bits per heavy atom. The Bertz CT molecular complexity index is 3980. The van der Waals surface area contributed by atoms with Crippen LogP contribution < -0.4 is 26.1 Å². The molecule has 0 aliphatic carbocycles. The number of non-ortho nitro benzene ring substituents is 1. The first kappa shape index (κ1) is 68.2. The van der Waals surface area contributed by atoms with Crippen molar-refractivity contribution in [2.24, 2.45) is 5.90 Å². The minimum absolute atomic E-state index is 0.0505. The standard InChI is InChI=1S/C30H36ClN5O4.C30H35ClN4O4.C6H5N3O5/c1-4-40-27-14-26-22(24(18-36(26)32)28(37)30(39)33-11-7-8-12-33)13-23(27)29(38)35-16-19(2)34(15-20(35)3)17-21-9-5-6-10-25(21)31;1-4-39-27-14-26-22(24(15-32-26)28(36)30(38)33-11-7-8-12-33)13-23(27)29(37)35-17-19(2)34(16-20(35)3)18-21-9-5-6-10-25(21)31;7-14-6-2-1-4(8(10)11)3-5(6)9(12)13/h5-6,9-10,13-14,18-20H,4,7-8,11-12,15-17,32H2,1-3H3;5-6,9-10,13-15,19-20,32H,4,7-8,11-12,16-18H2,1-3H3;1-3H,7H2/t2*19-,20+;/m00./s1. The van der Waals surface area contributed by atoms with E-state index in [-0.39, 0.29) is 52.9 Å². The van der Waals surface area contributed by atoms with Gasteiger partial charge in [-0.2, -0.15) is 5.90 Å². The maximum absolute atomic E-state index is 14.1. The van der Waals surface area contributed by atoms with Crippen LogP contribution in [-0.4, -0.2) is 174 Å². The molecule has 27 heteroatoms. The summed E-state index contributed by atoms with van der Waals surface area (Å²) in [5.41, 5.74) is 3.57. The Labute approximate surface area is 547 Å². The van der Waals surface area contributed by atoms with Crippen LogP contribution in [0.4, 0.5) is 11.4 Å². The van der Waals surface area contributed by atoms with E-state index in [2.05, 4.69) is 33.5 Å². The molecule has 4 amide bonds. The third kappa shape index (κ3) is 15.2. The number of Topliss-reactive ketones (excluding diaryl/α,β-unsaturated/α-hetero) is 2. The Balaban J connectivity index is 0.000000182. The average Bonchev–Trinajstić information content (AvgIpc) is 1.70. The number of nitrogens with two attached hydrogens (primary N) is 2. The zero-order valence-electron chi connectivity index (χ0n) is 52.7. The number of ketones is 2. The summed E-state index contributed by atoms with van der Waals surface area (Å²) >= 11 is 12.8. The molecule has 4 aliphatic rings. The molecule has 25 nitrogen and oxygen atoms in total. The summed E-state index contributed by atoms with van der Waals surface area (Å²) in [5.74, 6) is 9.04. The van der Waals surface area contributed by atoms with Crippen LogP contribution in [0.15, 0.2) is 103 Å². The molecule has 0 saturated carbocycles. The van der Waals surface area contributed by atoms with Crippen molar-refractivity contribution in [1.29, 1.82) is 0 Å². The number of hydrogen-bond acceptors (Lipinski definition) is 17. The van der Waals surface area contributed by atoms with E-state index < -0.39 is 44.6 Å². The van der Waals surface area contributed by atoms with E-state index in [1.54, 1.807) is 40.3 Å². The van der Waals surface area contributed by atoms with Gasteiger partial charge >= 0.3 is 5.69 Å². The van der Waals surface area contributed by atoms with Gasteiger partial charge in [0, 0.05) is 147 Å². The number of carbonyl (C=O) groups is 6. The van der Waals surface area contributed by atoms with Crippen LogP contribution in [-0.2, 0) is 22.7 Å². The molecule has 93 heavy (non-hydrogen) atoms. The summed E-state index contributed by atoms with van der Waals surface area (Å²) in [6, 6.07) is 25.4. The minimum atomic E-state index is -0.810. The monoisotopic (exact) mass is 1310 g/mol. The maximum Gasteiger partial charge on any atom is 0.320 e. The van der Waals surface area contributed by atoms with E-state index in [4.69, 9.17) is 44.4 Å². The van der Waals surface area contributed by atoms with E-state index in [1.807, 2.05) is 86.0 Å². The number of H-pyrrole nitrogens is 1. The number of likely N-dealkylation sites (tertiary alicyclic amines) is 2. The zero-order valence-corrected chi connectivity index (χ0v) is 54.2. The highest BCUT2D eigenvalue weighted by atomic mass is 35.5. The lowest BCUT2D eigenvalue weighted by Gasteiger charge is -2.44. The average molecular weight is 1320 g/mol. The molecule has 0 spiro atoms. The lowest BCUT2D eigenvalue weighted by atomic mass is 10.0. The summed E-state index contributed by atoms with van der Waals surface area (Å²) in [6.07, 6.45) is 6.61. The fourth-order valence-electron chi connectivity index (χ4n) is 12.3. The van der Waals surface area contributed by atoms with Gasteiger partial charge in [-0.1, -0.05) is 59.6 Å². The van der Waals surface area contributed by atoms with E-state index in [1.165, 1.54) is 10.9 Å². The number of nitrogens with one attached hydrogen (secondary N) is 1. The van der Waals surface area contributed by atoms with Crippen molar-refractivity contribution in [2.45, 2.75) is 104 Å². The van der Waals surface area contributed by atoms with Crippen molar-refractivity contribution in [3.8, 4) is 17.2 Å². The third-order valence-electron chi connectivity index (χ3n) is 17.3. The second kappa shape index (κ2) is 30.1. The van der Waals surface area contributed by atoms with Gasteiger partial charge in [-0.05, 0) is 109 Å². The third-order valence-corrected chi connectivity index (χ3v) is 18.1. The number of halogens is 2. The summed E-state index contributed by atoms with van der Waals surface area (Å²) in [7, 11) is 0. The molecule has 6 heterocycles. The van der Waals surface area contributed by atoms with Crippen LogP contribution in [0.3, 0.4) is 0 Å². The number of benzene rings is 5. The topological polar surface area (TPSA) is 309 Å². The maximum atomic E-state index is 14.1. The molecule has 7 aromatic rings. The molecule has 5 aromatic carbocycles. The van der Waals surface area contributed by atoms with Gasteiger partial charge in [0.05, 0.1) is 56.9 Å². The van der Waals surface area contributed by atoms with Gasteiger partial charge in [0.2, 0.25) is 5.75 Å². The molecule has 11 rings (SSSR count). The summed E-state index contributed by atoms with van der Waals surface area (Å²) in [4.78, 5) is 118. The number of hydrogen-bond donors (Lipinski definition) is 3. The van der Waals surface area contributed by atoms with Crippen molar-refractivity contribution in [3.05, 3.63) is 167 Å². The van der Waals surface area contributed by atoms with Crippen LogP contribution in [0, 0.1) is 20.2 Å². The van der Waals surface area contributed by atoms with Crippen molar-refractivity contribution in [2.75, 3.05) is 71.4 Å². The largest absolute Gasteiger partial charge is 0.493 e. The van der Waals surface area contributed by atoms with Gasteiger partial charge in [-0.15, -0.1) is 0 Å². The molecule has 4 atom stereocenters. The molecule has 0 bridgehead atoms. The Morgan fingerprint density at radius 1 is 0.581 bits per heavy atom. The normalized spacial score (nSPS) is 18.3. The van der Waals surface area contributed by atoms with E-state index in [9.17, 15) is 49.0 Å². The Morgan fingerprint density at radius 3 is 1.52 bits per heavy atom. The first-order valence-corrected chi connectivity index (χ1v) is 31.7.